The average Bonchev–Trinajstić information content (AvgIpc) is 2.34. The Labute approximate surface area is 108 Å². The third-order valence-corrected chi connectivity index (χ3v) is 3.92. The van der Waals surface area contributed by atoms with Gasteiger partial charge in [0.2, 0.25) is 0 Å². The Morgan fingerprint density at radius 2 is 2.00 bits per heavy atom. The van der Waals surface area contributed by atoms with E-state index in [2.05, 4.69) is 33.0 Å². The van der Waals surface area contributed by atoms with E-state index in [4.69, 9.17) is 4.74 Å². The maximum Gasteiger partial charge on any atom is 0.0601 e. The molecule has 0 aromatic heterocycles. The highest BCUT2D eigenvalue weighted by atomic mass is 16.5. The third kappa shape index (κ3) is 4.97. The molecule has 1 fully saturated rings. The van der Waals surface area contributed by atoms with Crippen LogP contribution in [0.2, 0.25) is 0 Å². The molecule has 17 heavy (non-hydrogen) atoms. The van der Waals surface area contributed by atoms with Gasteiger partial charge in [-0.1, -0.05) is 34.1 Å². The summed E-state index contributed by atoms with van der Waals surface area (Å²) in [5.74, 6) is 1.48. The van der Waals surface area contributed by atoms with Crippen LogP contribution in [0.4, 0.5) is 0 Å². The van der Waals surface area contributed by atoms with Gasteiger partial charge in [-0.05, 0) is 44.1 Å². The molecule has 0 radical (unpaired) electrons. The van der Waals surface area contributed by atoms with Crippen LogP contribution in [0.5, 0.6) is 0 Å². The van der Waals surface area contributed by atoms with Crippen LogP contribution < -0.4 is 5.32 Å². The van der Waals surface area contributed by atoms with E-state index in [0.717, 1.165) is 19.1 Å². The Hall–Kier alpha value is -0.0800. The molecule has 0 aromatic carbocycles. The minimum Gasteiger partial charge on any atom is -0.378 e. The van der Waals surface area contributed by atoms with Crippen LogP contribution in [0.15, 0.2) is 0 Å². The van der Waals surface area contributed by atoms with Gasteiger partial charge in [0.05, 0.1) is 6.10 Å². The molecule has 1 saturated heterocycles. The first kappa shape index (κ1) is 15.0. The molecule has 1 aliphatic heterocycles. The quantitative estimate of drug-likeness (QED) is 0.735. The normalized spacial score (nSPS) is 27.4. The van der Waals surface area contributed by atoms with Crippen molar-refractivity contribution in [2.45, 2.75) is 71.9 Å². The second kappa shape index (κ2) is 8.10. The van der Waals surface area contributed by atoms with Crippen molar-refractivity contribution in [3.05, 3.63) is 0 Å². The molecule has 0 aliphatic carbocycles. The van der Waals surface area contributed by atoms with E-state index in [-0.39, 0.29) is 0 Å². The van der Waals surface area contributed by atoms with Crippen LogP contribution in [0.3, 0.4) is 0 Å². The molecule has 2 heteroatoms. The predicted octanol–water partition coefficient (Wildman–Crippen LogP) is 3.61. The van der Waals surface area contributed by atoms with Crippen LogP contribution in [0.1, 0.15) is 59.8 Å². The molecule has 102 valence electrons. The molecule has 1 N–H and O–H groups in total. The lowest BCUT2D eigenvalue weighted by molar-refractivity contribution is -0.0415. The van der Waals surface area contributed by atoms with Gasteiger partial charge in [0.1, 0.15) is 0 Å². The third-order valence-electron chi connectivity index (χ3n) is 3.92. The maximum absolute atomic E-state index is 5.87. The lowest BCUT2D eigenvalue weighted by atomic mass is 9.83. The average molecular weight is 241 g/mol. The smallest absolute Gasteiger partial charge is 0.0601 e. The molecule has 3 atom stereocenters. The largest absolute Gasteiger partial charge is 0.378 e. The lowest BCUT2D eigenvalue weighted by Crippen LogP contribution is -2.42. The zero-order chi connectivity index (χ0) is 12.7. The van der Waals surface area contributed by atoms with Gasteiger partial charge in [-0.15, -0.1) is 0 Å². The molecular formula is C15H31NO. The minimum atomic E-state index is 0.483. The SMILES string of the molecule is CCCNC(CCC)C1CCOC(C(C)C)C1. The Morgan fingerprint density at radius 1 is 1.24 bits per heavy atom. The van der Waals surface area contributed by atoms with Gasteiger partial charge in [-0.25, -0.2) is 0 Å². The number of hydrogen-bond acceptors (Lipinski definition) is 2. The molecule has 3 unspecified atom stereocenters. The molecule has 1 heterocycles. The molecule has 0 amide bonds. The second-order valence-electron chi connectivity index (χ2n) is 5.79. The Bertz CT molecular complexity index is 193. The summed E-state index contributed by atoms with van der Waals surface area (Å²) in [6.45, 7) is 11.2. The van der Waals surface area contributed by atoms with Crippen molar-refractivity contribution in [2.75, 3.05) is 13.2 Å². The van der Waals surface area contributed by atoms with Crippen LogP contribution in [-0.2, 0) is 4.74 Å². The summed E-state index contributed by atoms with van der Waals surface area (Å²) in [4.78, 5) is 0. The molecule has 0 saturated carbocycles. The van der Waals surface area contributed by atoms with Gasteiger partial charge in [-0.3, -0.25) is 0 Å². The summed E-state index contributed by atoms with van der Waals surface area (Å²) < 4.78 is 5.87. The first-order chi connectivity index (χ1) is 8.19. The van der Waals surface area contributed by atoms with E-state index in [1.807, 2.05) is 0 Å². The van der Waals surface area contributed by atoms with Gasteiger partial charge < -0.3 is 10.1 Å². The van der Waals surface area contributed by atoms with Gasteiger partial charge in [-0.2, -0.15) is 0 Å². The van der Waals surface area contributed by atoms with E-state index in [0.29, 0.717) is 18.1 Å². The number of rotatable bonds is 7. The van der Waals surface area contributed by atoms with Crippen molar-refractivity contribution in [3.63, 3.8) is 0 Å². The van der Waals surface area contributed by atoms with Crippen molar-refractivity contribution in [3.8, 4) is 0 Å². The maximum atomic E-state index is 5.87. The molecule has 0 spiro atoms. The summed E-state index contributed by atoms with van der Waals surface area (Å²) in [6, 6.07) is 0.713. The van der Waals surface area contributed by atoms with Crippen molar-refractivity contribution >= 4 is 0 Å². The number of nitrogens with one attached hydrogen (secondary N) is 1. The van der Waals surface area contributed by atoms with E-state index < -0.39 is 0 Å². The highest BCUT2D eigenvalue weighted by Gasteiger charge is 2.29. The Kier molecular flexibility index (Phi) is 7.14. The summed E-state index contributed by atoms with van der Waals surface area (Å²) in [5.41, 5.74) is 0. The zero-order valence-corrected chi connectivity index (χ0v) is 12.2. The van der Waals surface area contributed by atoms with Crippen molar-refractivity contribution in [1.82, 2.24) is 5.32 Å². The highest BCUT2D eigenvalue weighted by molar-refractivity contribution is 4.82. The molecular weight excluding hydrogens is 210 g/mol. The number of ether oxygens (including phenoxy) is 1. The molecule has 0 aromatic rings. The molecule has 1 aliphatic rings. The van der Waals surface area contributed by atoms with E-state index in [1.54, 1.807) is 0 Å². The standard InChI is InChI=1S/C15H31NO/c1-5-7-14(16-9-6-2)13-8-10-17-15(11-13)12(3)4/h12-16H,5-11H2,1-4H3. The van der Waals surface area contributed by atoms with Gasteiger partial charge in [0.15, 0.2) is 0 Å². The lowest BCUT2D eigenvalue weighted by Gasteiger charge is -2.36. The highest BCUT2D eigenvalue weighted by Crippen LogP contribution is 2.28. The minimum absolute atomic E-state index is 0.483. The van der Waals surface area contributed by atoms with Crippen LogP contribution >= 0.6 is 0 Å². The predicted molar refractivity (Wildman–Crippen MR) is 74.3 cm³/mol. The van der Waals surface area contributed by atoms with E-state index in [1.165, 1.54) is 32.1 Å². The fraction of sp³-hybridized carbons (Fsp3) is 1.00. The Morgan fingerprint density at radius 3 is 2.59 bits per heavy atom. The zero-order valence-electron chi connectivity index (χ0n) is 12.2. The Balaban J connectivity index is 2.47. The first-order valence-electron chi connectivity index (χ1n) is 7.54. The van der Waals surface area contributed by atoms with Crippen molar-refractivity contribution in [1.29, 1.82) is 0 Å². The van der Waals surface area contributed by atoms with Crippen LogP contribution in [0, 0.1) is 11.8 Å². The van der Waals surface area contributed by atoms with Gasteiger partial charge in [0, 0.05) is 12.6 Å². The molecule has 2 nitrogen and oxygen atoms in total. The van der Waals surface area contributed by atoms with Gasteiger partial charge in [0.25, 0.3) is 0 Å². The summed E-state index contributed by atoms with van der Waals surface area (Å²) >= 11 is 0. The number of hydrogen-bond donors (Lipinski definition) is 1. The van der Waals surface area contributed by atoms with Crippen LogP contribution in [-0.4, -0.2) is 25.3 Å². The van der Waals surface area contributed by atoms with Crippen LogP contribution in [0.25, 0.3) is 0 Å². The van der Waals surface area contributed by atoms with Gasteiger partial charge >= 0.3 is 0 Å². The van der Waals surface area contributed by atoms with Crippen molar-refractivity contribution in [2.24, 2.45) is 11.8 Å². The summed E-state index contributed by atoms with van der Waals surface area (Å²) in [5, 5.41) is 3.74. The second-order valence-corrected chi connectivity index (χ2v) is 5.79. The topological polar surface area (TPSA) is 21.3 Å². The summed E-state index contributed by atoms with van der Waals surface area (Å²) in [6.07, 6.45) is 6.80. The van der Waals surface area contributed by atoms with E-state index >= 15 is 0 Å². The molecule has 0 bridgehead atoms. The monoisotopic (exact) mass is 241 g/mol. The summed E-state index contributed by atoms with van der Waals surface area (Å²) in [7, 11) is 0. The fourth-order valence-corrected chi connectivity index (χ4v) is 2.83. The fourth-order valence-electron chi connectivity index (χ4n) is 2.83. The van der Waals surface area contributed by atoms with E-state index in [9.17, 15) is 0 Å². The van der Waals surface area contributed by atoms with Crippen molar-refractivity contribution < 1.29 is 4.74 Å². The first-order valence-corrected chi connectivity index (χ1v) is 7.54. The molecule has 1 rings (SSSR count).